The van der Waals surface area contributed by atoms with Crippen molar-refractivity contribution in [3.63, 3.8) is 0 Å². The van der Waals surface area contributed by atoms with Gasteiger partial charge < -0.3 is 9.84 Å². The van der Waals surface area contributed by atoms with Crippen molar-refractivity contribution in [2.75, 3.05) is 24.7 Å². The lowest BCUT2D eigenvalue weighted by Gasteiger charge is -2.32. The highest BCUT2D eigenvalue weighted by Gasteiger charge is 2.40. The van der Waals surface area contributed by atoms with Gasteiger partial charge in [-0.2, -0.15) is 0 Å². The molecule has 0 aromatic heterocycles. The van der Waals surface area contributed by atoms with Crippen LogP contribution in [0.1, 0.15) is 17.0 Å². The summed E-state index contributed by atoms with van der Waals surface area (Å²) in [6.45, 7) is -0.127. The van der Waals surface area contributed by atoms with Gasteiger partial charge in [-0.25, -0.2) is 18.0 Å². The predicted octanol–water partition coefficient (Wildman–Crippen LogP) is 2.12. The Labute approximate surface area is 162 Å². The first kappa shape index (κ1) is 18.5. The normalized spacial score (nSPS) is 20.3. The summed E-state index contributed by atoms with van der Waals surface area (Å²) in [6.07, 6.45) is -0.802. The number of amides is 1. The molecule has 1 fully saturated rings. The molecule has 4 rings (SSSR count). The van der Waals surface area contributed by atoms with E-state index in [-0.39, 0.29) is 24.8 Å². The third-order valence-electron chi connectivity index (χ3n) is 5.29. The summed E-state index contributed by atoms with van der Waals surface area (Å²) < 4.78 is 28.9. The summed E-state index contributed by atoms with van der Waals surface area (Å²) in [5, 5.41) is 9.32. The van der Waals surface area contributed by atoms with E-state index in [0.29, 0.717) is 0 Å². The van der Waals surface area contributed by atoms with Gasteiger partial charge in [0.15, 0.2) is 9.84 Å². The Kier molecular flexibility index (Phi) is 4.58. The van der Waals surface area contributed by atoms with E-state index in [2.05, 4.69) is 0 Å². The zero-order chi connectivity index (χ0) is 19.9. The van der Waals surface area contributed by atoms with Crippen molar-refractivity contribution in [3.05, 3.63) is 59.7 Å². The molecule has 0 bridgehead atoms. The van der Waals surface area contributed by atoms with Gasteiger partial charge in [0, 0.05) is 12.5 Å². The van der Waals surface area contributed by atoms with E-state index in [4.69, 9.17) is 4.74 Å². The molecule has 1 unspecified atom stereocenters. The molecular weight excluding hydrogens is 382 g/mol. The van der Waals surface area contributed by atoms with Crippen molar-refractivity contribution in [1.29, 1.82) is 0 Å². The number of fused-ring (bicyclic) bond motifs is 3. The number of nitrogens with zero attached hydrogens (tertiary/aromatic N) is 1. The Morgan fingerprint density at radius 1 is 1.04 bits per heavy atom. The van der Waals surface area contributed by atoms with Gasteiger partial charge >= 0.3 is 12.1 Å². The Morgan fingerprint density at radius 2 is 1.61 bits per heavy atom. The minimum absolute atomic E-state index is 0.0580. The van der Waals surface area contributed by atoms with Crippen LogP contribution in [0.15, 0.2) is 48.5 Å². The summed E-state index contributed by atoms with van der Waals surface area (Å²) in [7, 11) is -3.48. The van der Waals surface area contributed by atoms with E-state index in [1.807, 2.05) is 48.5 Å². The Balaban J connectivity index is 1.53. The SMILES string of the molecule is O=C(O)C1CS(=O)(=O)CCN1C(=O)OCC1c2ccccc2-c2ccccc21. The van der Waals surface area contributed by atoms with Crippen molar-refractivity contribution < 1.29 is 27.9 Å². The monoisotopic (exact) mass is 401 g/mol. The number of sulfone groups is 1. The Morgan fingerprint density at radius 3 is 2.18 bits per heavy atom. The largest absolute Gasteiger partial charge is 0.480 e. The molecule has 2 aromatic rings. The van der Waals surface area contributed by atoms with Crippen LogP contribution in [0, 0.1) is 0 Å². The molecular formula is C20H19NO6S. The molecule has 146 valence electrons. The van der Waals surface area contributed by atoms with Gasteiger partial charge in [-0.3, -0.25) is 4.90 Å². The molecule has 0 radical (unpaired) electrons. The first-order chi connectivity index (χ1) is 13.4. The standard InChI is InChI=1S/C20H19NO6S/c22-19(23)18-12-28(25,26)10-9-21(18)20(24)27-11-17-15-7-3-1-5-13(15)14-6-2-4-8-16(14)17/h1-8,17-18H,9-12H2,(H,22,23). The van der Waals surface area contributed by atoms with Crippen LogP contribution < -0.4 is 0 Å². The maximum absolute atomic E-state index is 12.6. The fourth-order valence-electron chi connectivity index (χ4n) is 3.91. The summed E-state index contributed by atoms with van der Waals surface area (Å²) in [5.74, 6) is -2.35. The number of carboxylic acid groups (broad SMARTS) is 1. The second-order valence-corrected chi connectivity index (χ2v) is 9.19. The molecule has 0 spiro atoms. The number of carbonyl (C=O) groups is 2. The van der Waals surface area contributed by atoms with Gasteiger partial charge in [-0.05, 0) is 22.3 Å². The van der Waals surface area contributed by atoms with Crippen molar-refractivity contribution in [1.82, 2.24) is 4.90 Å². The molecule has 28 heavy (non-hydrogen) atoms. The number of rotatable bonds is 3. The number of benzene rings is 2. The number of hydrogen-bond donors (Lipinski definition) is 1. The lowest BCUT2D eigenvalue weighted by Crippen LogP contribution is -2.55. The van der Waals surface area contributed by atoms with Gasteiger partial charge in [0.2, 0.25) is 0 Å². The quantitative estimate of drug-likeness (QED) is 0.845. The second kappa shape index (κ2) is 6.94. The number of carboxylic acids is 1. The molecule has 1 heterocycles. The van der Waals surface area contributed by atoms with E-state index in [9.17, 15) is 23.1 Å². The molecule has 2 aliphatic rings. The van der Waals surface area contributed by atoms with E-state index in [1.165, 1.54) is 0 Å². The van der Waals surface area contributed by atoms with Crippen molar-refractivity contribution >= 4 is 21.9 Å². The first-order valence-corrected chi connectivity index (χ1v) is 10.7. The minimum atomic E-state index is -3.48. The maximum Gasteiger partial charge on any atom is 0.410 e. The molecule has 1 N–H and O–H groups in total. The van der Waals surface area contributed by atoms with Crippen LogP contribution in [-0.4, -0.2) is 61.2 Å². The highest BCUT2D eigenvalue weighted by atomic mass is 32.2. The lowest BCUT2D eigenvalue weighted by atomic mass is 9.98. The summed E-state index contributed by atoms with van der Waals surface area (Å²) >= 11 is 0. The fourth-order valence-corrected chi connectivity index (χ4v) is 5.35. The zero-order valence-electron chi connectivity index (χ0n) is 14.9. The molecule has 1 aliphatic heterocycles. The molecule has 1 amide bonds. The second-order valence-electron chi connectivity index (χ2n) is 6.97. The van der Waals surface area contributed by atoms with E-state index in [0.717, 1.165) is 27.2 Å². The number of hydrogen-bond acceptors (Lipinski definition) is 5. The van der Waals surface area contributed by atoms with Gasteiger partial charge in [0.25, 0.3) is 0 Å². The average molecular weight is 401 g/mol. The minimum Gasteiger partial charge on any atom is -0.480 e. The molecule has 1 saturated heterocycles. The van der Waals surface area contributed by atoms with Crippen LogP contribution in [0.4, 0.5) is 4.79 Å². The third-order valence-corrected chi connectivity index (χ3v) is 6.92. The molecule has 0 saturated carbocycles. The molecule has 1 aliphatic carbocycles. The summed E-state index contributed by atoms with van der Waals surface area (Å²) in [4.78, 5) is 25.0. The predicted molar refractivity (Wildman–Crippen MR) is 102 cm³/mol. The first-order valence-electron chi connectivity index (χ1n) is 8.92. The van der Waals surface area contributed by atoms with Gasteiger partial charge in [0.1, 0.15) is 12.6 Å². The Bertz CT molecular complexity index is 1000. The maximum atomic E-state index is 12.6. The average Bonchev–Trinajstić information content (AvgIpc) is 2.99. The summed E-state index contributed by atoms with van der Waals surface area (Å²) in [6, 6.07) is 14.4. The smallest absolute Gasteiger partial charge is 0.410 e. The molecule has 8 heteroatoms. The van der Waals surface area contributed by atoms with Crippen LogP contribution in [0.2, 0.25) is 0 Å². The van der Waals surface area contributed by atoms with Gasteiger partial charge in [-0.1, -0.05) is 48.5 Å². The lowest BCUT2D eigenvalue weighted by molar-refractivity contribution is -0.142. The topological polar surface area (TPSA) is 101 Å². The third kappa shape index (κ3) is 3.24. The Hall–Kier alpha value is -2.87. The van der Waals surface area contributed by atoms with Gasteiger partial charge in [-0.15, -0.1) is 0 Å². The van der Waals surface area contributed by atoms with Crippen molar-refractivity contribution in [2.24, 2.45) is 0 Å². The zero-order valence-corrected chi connectivity index (χ0v) is 15.8. The van der Waals surface area contributed by atoms with Crippen molar-refractivity contribution in [2.45, 2.75) is 12.0 Å². The van der Waals surface area contributed by atoms with Gasteiger partial charge in [0.05, 0.1) is 11.5 Å². The van der Waals surface area contributed by atoms with E-state index >= 15 is 0 Å². The molecule has 7 nitrogen and oxygen atoms in total. The van der Waals surface area contributed by atoms with Crippen molar-refractivity contribution in [3.8, 4) is 11.1 Å². The number of ether oxygens (including phenoxy) is 1. The highest BCUT2D eigenvalue weighted by Crippen LogP contribution is 2.44. The highest BCUT2D eigenvalue weighted by molar-refractivity contribution is 7.91. The van der Waals surface area contributed by atoms with Crippen LogP contribution in [0.3, 0.4) is 0 Å². The number of aliphatic carboxylic acids is 1. The summed E-state index contributed by atoms with van der Waals surface area (Å²) in [5.41, 5.74) is 4.28. The van der Waals surface area contributed by atoms with Crippen LogP contribution >= 0.6 is 0 Å². The number of carbonyl (C=O) groups excluding carboxylic acids is 1. The van der Waals surface area contributed by atoms with Crippen LogP contribution in [-0.2, 0) is 19.4 Å². The fraction of sp³-hybridized carbons (Fsp3) is 0.300. The molecule has 1 atom stereocenters. The van der Waals surface area contributed by atoms with Crippen LogP contribution in [0.5, 0.6) is 0 Å². The van der Waals surface area contributed by atoms with E-state index in [1.54, 1.807) is 0 Å². The van der Waals surface area contributed by atoms with E-state index < -0.39 is 33.7 Å². The molecule has 2 aromatic carbocycles. The van der Waals surface area contributed by atoms with Crippen LogP contribution in [0.25, 0.3) is 11.1 Å².